The monoisotopic (exact) mass is 201 g/mol. The zero-order valence-corrected chi connectivity index (χ0v) is 9.36. The first-order chi connectivity index (χ1) is 7.22. The summed E-state index contributed by atoms with van der Waals surface area (Å²) in [5.74, 6) is 1.95. The van der Waals surface area contributed by atoms with Crippen LogP contribution in [0.25, 0.3) is 5.69 Å². The molecule has 0 amide bonds. The van der Waals surface area contributed by atoms with Gasteiger partial charge in [-0.25, -0.2) is 0 Å². The average molecular weight is 201 g/mol. The Morgan fingerprint density at radius 1 is 1.20 bits per heavy atom. The van der Waals surface area contributed by atoms with Gasteiger partial charge in [0.1, 0.15) is 11.6 Å². The zero-order chi connectivity index (χ0) is 10.8. The van der Waals surface area contributed by atoms with Crippen LogP contribution in [-0.4, -0.2) is 14.8 Å². The van der Waals surface area contributed by atoms with Gasteiger partial charge in [0.05, 0.1) is 0 Å². The Labute approximate surface area is 89.8 Å². The van der Waals surface area contributed by atoms with E-state index in [-0.39, 0.29) is 0 Å². The summed E-state index contributed by atoms with van der Waals surface area (Å²) in [5.41, 5.74) is 2.40. The molecule has 0 saturated heterocycles. The quantitative estimate of drug-likeness (QED) is 0.747. The Hall–Kier alpha value is -1.64. The number of hydrogen-bond acceptors (Lipinski definition) is 2. The van der Waals surface area contributed by atoms with E-state index >= 15 is 0 Å². The maximum Gasteiger partial charge on any atom is 0.137 e. The maximum absolute atomic E-state index is 4.15. The third-order valence-electron chi connectivity index (χ3n) is 2.47. The minimum Gasteiger partial charge on any atom is -0.283 e. The van der Waals surface area contributed by atoms with Crippen LogP contribution >= 0.6 is 0 Å². The second-order valence-corrected chi connectivity index (χ2v) is 3.69. The molecule has 15 heavy (non-hydrogen) atoms. The van der Waals surface area contributed by atoms with Gasteiger partial charge in [0.2, 0.25) is 0 Å². The van der Waals surface area contributed by atoms with Gasteiger partial charge >= 0.3 is 0 Å². The third-order valence-corrected chi connectivity index (χ3v) is 2.47. The molecule has 0 aliphatic carbocycles. The summed E-state index contributed by atoms with van der Waals surface area (Å²) in [4.78, 5) is 0. The molecule has 0 N–H and O–H groups in total. The highest BCUT2D eigenvalue weighted by atomic mass is 15.3. The van der Waals surface area contributed by atoms with E-state index in [0.29, 0.717) is 0 Å². The lowest BCUT2D eigenvalue weighted by atomic mass is 10.2. The molecule has 0 fully saturated rings. The molecule has 0 aliphatic rings. The summed E-state index contributed by atoms with van der Waals surface area (Å²) in [6.45, 7) is 6.17. The molecule has 0 radical (unpaired) electrons. The fourth-order valence-electron chi connectivity index (χ4n) is 1.74. The van der Waals surface area contributed by atoms with E-state index in [1.165, 1.54) is 5.56 Å². The minimum absolute atomic E-state index is 0.898. The number of benzene rings is 1. The minimum atomic E-state index is 0.898. The van der Waals surface area contributed by atoms with Gasteiger partial charge in [-0.2, -0.15) is 0 Å². The molecule has 1 aromatic heterocycles. The van der Waals surface area contributed by atoms with Crippen LogP contribution in [0, 0.1) is 13.8 Å². The largest absolute Gasteiger partial charge is 0.283 e. The van der Waals surface area contributed by atoms with E-state index in [1.807, 2.05) is 6.92 Å². The van der Waals surface area contributed by atoms with Crippen molar-refractivity contribution < 1.29 is 0 Å². The normalized spacial score (nSPS) is 10.6. The van der Waals surface area contributed by atoms with E-state index in [9.17, 15) is 0 Å². The number of rotatable bonds is 2. The summed E-state index contributed by atoms with van der Waals surface area (Å²) in [5, 5.41) is 8.26. The molecule has 0 bridgehead atoms. The highest BCUT2D eigenvalue weighted by molar-refractivity contribution is 5.37. The SMILES string of the molecule is CCc1nnc(C)n1-c1cccc(C)c1. The van der Waals surface area contributed by atoms with Crippen molar-refractivity contribution in [2.24, 2.45) is 0 Å². The zero-order valence-electron chi connectivity index (χ0n) is 9.36. The molecule has 0 unspecified atom stereocenters. The van der Waals surface area contributed by atoms with Gasteiger partial charge in [-0.1, -0.05) is 19.1 Å². The van der Waals surface area contributed by atoms with Crippen molar-refractivity contribution in [2.45, 2.75) is 27.2 Å². The van der Waals surface area contributed by atoms with Crippen LogP contribution in [0.3, 0.4) is 0 Å². The van der Waals surface area contributed by atoms with Crippen molar-refractivity contribution in [1.29, 1.82) is 0 Å². The van der Waals surface area contributed by atoms with Gasteiger partial charge in [0.15, 0.2) is 0 Å². The molecule has 1 aromatic carbocycles. The first kappa shape index (κ1) is 9.90. The van der Waals surface area contributed by atoms with Crippen molar-refractivity contribution in [2.75, 3.05) is 0 Å². The lowest BCUT2D eigenvalue weighted by Crippen LogP contribution is -2.02. The molecule has 1 heterocycles. The Kier molecular flexibility index (Phi) is 2.54. The molecule has 3 heteroatoms. The number of hydrogen-bond donors (Lipinski definition) is 0. The highest BCUT2D eigenvalue weighted by Crippen LogP contribution is 2.14. The van der Waals surface area contributed by atoms with Crippen LogP contribution in [0.5, 0.6) is 0 Å². The Balaban J connectivity index is 2.57. The fourth-order valence-corrected chi connectivity index (χ4v) is 1.74. The summed E-state index contributed by atoms with van der Waals surface area (Å²) in [6.07, 6.45) is 0.898. The topological polar surface area (TPSA) is 30.7 Å². The molecule has 3 nitrogen and oxygen atoms in total. The summed E-state index contributed by atoms with van der Waals surface area (Å²) >= 11 is 0. The van der Waals surface area contributed by atoms with Crippen LogP contribution in [0.2, 0.25) is 0 Å². The Morgan fingerprint density at radius 3 is 2.67 bits per heavy atom. The van der Waals surface area contributed by atoms with Gasteiger partial charge < -0.3 is 0 Å². The van der Waals surface area contributed by atoms with E-state index < -0.39 is 0 Å². The molecule has 0 atom stereocenters. The first-order valence-electron chi connectivity index (χ1n) is 5.20. The number of aromatic nitrogens is 3. The number of nitrogens with zero attached hydrogens (tertiary/aromatic N) is 3. The maximum atomic E-state index is 4.15. The van der Waals surface area contributed by atoms with Crippen molar-refractivity contribution in [3.63, 3.8) is 0 Å². The smallest absolute Gasteiger partial charge is 0.137 e. The molecule has 0 aliphatic heterocycles. The van der Waals surface area contributed by atoms with Crippen LogP contribution in [0.15, 0.2) is 24.3 Å². The standard InChI is InChI=1S/C12H15N3/c1-4-12-14-13-10(3)15(12)11-7-5-6-9(2)8-11/h5-8H,4H2,1-3H3. The van der Waals surface area contributed by atoms with Gasteiger partial charge in [0.25, 0.3) is 0 Å². The molecular weight excluding hydrogens is 186 g/mol. The van der Waals surface area contributed by atoms with E-state index in [4.69, 9.17) is 0 Å². The summed E-state index contributed by atoms with van der Waals surface area (Å²) in [7, 11) is 0. The summed E-state index contributed by atoms with van der Waals surface area (Å²) < 4.78 is 2.10. The lowest BCUT2D eigenvalue weighted by molar-refractivity contribution is 0.870. The second-order valence-electron chi connectivity index (χ2n) is 3.69. The van der Waals surface area contributed by atoms with Gasteiger partial charge in [0, 0.05) is 12.1 Å². The predicted molar refractivity (Wildman–Crippen MR) is 60.2 cm³/mol. The Morgan fingerprint density at radius 2 is 2.00 bits per heavy atom. The van der Waals surface area contributed by atoms with Crippen molar-refractivity contribution in [3.8, 4) is 5.69 Å². The lowest BCUT2D eigenvalue weighted by Gasteiger charge is -2.07. The van der Waals surface area contributed by atoms with Gasteiger partial charge in [-0.15, -0.1) is 10.2 Å². The van der Waals surface area contributed by atoms with Crippen LogP contribution < -0.4 is 0 Å². The fraction of sp³-hybridized carbons (Fsp3) is 0.333. The molecule has 0 saturated carbocycles. The molecule has 78 valence electrons. The first-order valence-corrected chi connectivity index (χ1v) is 5.20. The average Bonchev–Trinajstić information content (AvgIpc) is 2.59. The van der Waals surface area contributed by atoms with E-state index in [0.717, 1.165) is 23.8 Å². The number of aryl methyl sites for hydroxylation is 3. The van der Waals surface area contributed by atoms with Crippen LogP contribution in [0.1, 0.15) is 24.1 Å². The highest BCUT2D eigenvalue weighted by Gasteiger charge is 2.08. The molecule has 0 spiro atoms. The van der Waals surface area contributed by atoms with Gasteiger partial charge in [-0.05, 0) is 31.5 Å². The molecule has 2 rings (SSSR count). The second kappa shape index (κ2) is 3.85. The molecular formula is C12H15N3. The third kappa shape index (κ3) is 1.77. The Bertz CT molecular complexity index is 471. The van der Waals surface area contributed by atoms with Crippen molar-refractivity contribution in [3.05, 3.63) is 41.5 Å². The molecule has 2 aromatic rings. The predicted octanol–water partition coefficient (Wildman–Crippen LogP) is 2.45. The summed E-state index contributed by atoms with van der Waals surface area (Å²) in [6, 6.07) is 8.39. The van der Waals surface area contributed by atoms with E-state index in [1.54, 1.807) is 0 Å². The van der Waals surface area contributed by atoms with Crippen molar-refractivity contribution in [1.82, 2.24) is 14.8 Å². The van der Waals surface area contributed by atoms with Crippen LogP contribution in [0.4, 0.5) is 0 Å². The van der Waals surface area contributed by atoms with Gasteiger partial charge in [-0.3, -0.25) is 4.57 Å². The van der Waals surface area contributed by atoms with E-state index in [2.05, 4.69) is 52.9 Å². The van der Waals surface area contributed by atoms with Crippen LogP contribution in [-0.2, 0) is 6.42 Å². The van der Waals surface area contributed by atoms with Crippen molar-refractivity contribution >= 4 is 0 Å².